The van der Waals surface area contributed by atoms with Crippen LogP contribution in [0.2, 0.25) is 0 Å². The molecule has 2 amide bonds. The average molecular weight is 262 g/mol. The molecule has 4 nitrogen and oxygen atoms in total. The third-order valence-corrected chi connectivity index (χ3v) is 3.20. The Morgan fingerprint density at radius 2 is 2.05 bits per heavy atom. The molecule has 0 saturated carbocycles. The summed E-state index contributed by atoms with van der Waals surface area (Å²) in [6, 6.07) is 7.95. The van der Waals surface area contributed by atoms with Gasteiger partial charge in [-0.1, -0.05) is 18.2 Å². The summed E-state index contributed by atoms with van der Waals surface area (Å²) in [6.45, 7) is 6.60. The van der Waals surface area contributed by atoms with Gasteiger partial charge in [-0.15, -0.1) is 0 Å². The van der Waals surface area contributed by atoms with Crippen molar-refractivity contribution in [3.05, 3.63) is 29.8 Å². The molecule has 1 atom stereocenters. The second kappa shape index (κ2) is 5.11. The zero-order valence-corrected chi connectivity index (χ0v) is 12.1. The van der Waals surface area contributed by atoms with E-state index in [1.165, 1.54) is 0 Å². The number of rotatable bonds is 1. The number of para-hydroxylation sites is 1. The molecule has 0 spiro atoms. The van der Waals surface area contributed by atoms with Crippen LogP contribution in [-0.2, 0) is 0 Å². The van der Waals surface area contributed by atoms with Crippen LogP contribution in [0, 0.1) is 0 Å². The molecular weight excluding hydrogens is 240 g/mol. The van der Waals surface area contributed by atoms with Crippen molar-refractivity contribution in [3.8, 4) is 5.75 Å². The van der Waals surface area contributed by atoms with E-state index in [4.69, 9.17) is 4.74 Å². The zero-order valence-electron chi connectivity index (χ0n) is 12.1. The van der Waals surface area contributed by atoms with Crippen LogP contribution in [0.5, 0.6) is 5.75 Å². The van der Waals surface area contributed by atoms with Gasteiger partial charge in [-0.2, -0.15) is 0 Å². The van der Waals surface area contributed by atoms with Crippen LogP contribution < -0.4 is 10.1 Å². The highest BCUT2D eigenvalue weighted by molar-refractivity contribution is 5.75. The Morgan fingerprint density at radius 3 is 2.74 bits per heavy atom. The number of nitrogens with one attached hydrogen (secondary N) is 1. The molecule has 0 fully saturated rings. The highest BCUT2D eigenvalue weighted by atomic mass is 16.5. The SMILES string of the molecule is CN(C(=O)NC(C)(C)C)C1CCOc2ccccc21. The first-order chi connectivity index (χ1) is 8.88. The Labute approximate surface area is 114 Å². The van der Waals surface area contributed by atoms with Crippen molar-refractivity contribution in [1.29, 1.82) is 0 Å². The van der Waals surface area contributed by atoms with Crippen LogP contribution >= 0.6 is 0 Å². The van der Waals surface area contributed by atoms with Gasteiger partial charge in [0.05, 0.1) is 12.6 Å². The van der Waals surface area contributed by atoms with Gasteiger partial charge in [-0.3, -0.25) is 0 Å². The number of benzene rings is 1. The molecule has 1 N–H and O–H groups in total. The van der Waals surface area contributed by atoms with Crippen molar-refractivity contribution in [3.63, 3.8) is 0 Å². The van der Waals surface area contributed by atoms with Gasteiger partial charge in [0.1, 0.15) is 5.75 Å². The van der Waals surface area contributed by atoms with Gasteiger partial charge < -0.3 is 15.0 Å². The molecule has 1 aromatic rings. The average Bonchev–Trinajstić information content (AvgIpc) is 2.35. The maximum Gasteiger partial charge on any atom is 0.318 e. The second-order valence-corrected chi connectivity index (χ2v) is 5.98. The first-order valence-corrected chi connectivity index (χ1v) is 6.65. The number of urea groups is 1. The Bertz CT molecular complexity index is 465. The van der Waals surface area contributed by atoms with Gasteiger partial charge >= 0.3 is 6.03 Å². The van der Waals surface area contributed by atoms with E-state index in [0.717, 1.165) is 17.7 Å². The number of nitrogens with zero attached hydrogens (tertiary/aromatic N) is 1. The largest absolute Gasteiger partial charge is 0.493 e. The molecule has 0 radical (unpaired) electrons. The molecule has 0 saturated heterocycles. The number of carbonyl (C=O) groups excluding carboxylic acids is 1. The molecule has 1 aromatic carbocycles. The summed E-state index contributed by atoms with van der Waals surface area (Å²) in [4.78, 5) is 14.0. The maximum absolute atomic E-state index is 12.2. The first-order valence-electron chi connectivity index (χ1n) is 6.65. The van der Waals surface area contributed by atoms with E-state index in [9.17, 15) is 4.79 Å². The van der Waals surface area contributed by atoms with Crippen LogP contribution in [0.1, 0.15) is 38.8 Å². The van der Waals surface area contributed by atoms with Crippen molar-refractivity contribution in [2.75, 3.05) is 13.7 Å². The number of hydrogen-bond acceptors (Lipinski definition) is 2. The third kappa shape index (κ3) is 3.19. The summed E-state index contributed by atoms with van der Waals surface area (Å²) in [5.74, 6) is 0.883. The summed E-state index contributed by atoms with van der Waals surface area (Å²) in [6.07, 6.45) is 0.824. The van der Waals surface area contributed by atoms with Gasteiger partial charge in [0.25, 0.3) is 0 Å². The molecule has 1 unspecified atom stereocenters. The van der Waals surface area contributed by atoms with Crippen molar-refractivity contribution in [2.45, 2.75) is 38.8 Å². The number of amides is 2. The summed E-state index contributed by atoms with van der Waals surface area (Å²) >= 11 is 0. The first kappa shape index (κ1) is 13.7. The number of fused-ring (bicyclic) bond motifs is 1. The topological polar surface area (TPSA) is 41.6 Å². The number of hydrogen-bond donors (Lipinski definition) is 1. The lowest BCUT2D eigenvalue weighted by Crippen LogP contribution is -2.48. The molecule has 4 heteroatoms. The van der Waals surface area contributed by atoms with Crippen molar-refractivity contribution in [1.82, 2.24) is 10.2 Å². The van der Waals surface area contributed by atoms with Gasteiger partial charge in [0.15, 0.2) is 0 Å². The fourth-order valence-electron chi connectivity index (χ4n) is 2.28. The Morgan fingerprint density at radius 1 is 1.37 bits per heavy atom. The predicted molar refractivity (Wildman–Crippen MR) is 75.3 cm³/mol. The molecule has 0 bridgehead atoms. The van der Waals surface area contributed by atoms with Crippen LogP contribution in [-0.4, -0.2) is 30.1 Å². The lowest BCUT2D eigenvalue weighted by atomic mass is 9.99. The van der Waals surface area contributed by atoms with Crippen molar-refractivity contribution >= 4 is 6.03 Å². The lowest BCUT2D eigenvalue weighted by Gasteiger charge is -2.35. The minimum Gasteiger partial charge on any atom is -0.493 e. The van der Waals surface area contributed by atoms with Crippen LogP contribution in [0.3, 0.4) is 0 Å². The van der Waals surface area contributed by atoms with Crippen molar-refractivity contribution in [2.24, 2.45) is 0 Å². The van der Waals surface area contributed by atoms with Crippen LogP contribution in [0.15, 0.2) is 24.3 Å². The van der Waals surface area contributed by atoms with Gasteiger partial charge in [-0.05, 0) is 26.8 Å². The summed E-state index contributed by atoms with van der Waals surface area (Å²) in [7, 11) is 1.84. The summed E-state index contributed by atoms with van der Waals surface area (Å²) < 4.78 is 5.63. The standard InChI is InChI=1S/C15H22N2O2/c1-15(2,3)16-14(18)17(4)12-9-10-19-13-8-6-5-7-11(12)13/h5-8,12H,9-10H2,1-4H3,(H,16,18). The molecule has 1 heterocycles. The molecule has 0 aromatic heterocycles. The minimum atomic E-state index is -0.226. The Hall–Kier alpha value is -1.71. The highest BCUT2D eigenvalue weighted by Crippen LogP contribution is 2.35. The highest BCUT2D eigenvalue weighted by Gasteiger charge is 2.28. The molecule has 1 aliphatic heterocycles. The molecule has 19 heavy (non-hydrogen) atoms. The normalized spacial score (nSPS) is 18.2. The Balaban J connectivity index is 2.17. The fraction of sp³-hybridized carbons (Fsp3) is 0.533. The van der Waals surface area contributed by atoms with Gasteiger partial charge in [0, 0.05) is 24.6 Å². The maximum atomic E-state index is 12.2. The summed E-state index contributed by atoms with van der Waals surface area (Å²) in [5, 5.41) is 2.99. The van der Waals surface area contributed by atoms with E-state index in [1.807, 2.05) is 52.1 Å². The van der Waals surface area contributed by atoms with E-state index in [0.29, 0.717) is 6.61 Å². The van der Waals surface area contributed by atoms with Crippen molar-refractivity contribution < 1.29 is 9.53 Å². The number of carbonyl (C=O) groups is 1. The number of ether oxygens (including phenoxy) is 1. The Kier molecular flexibility index (Phi) is 3.69. The minimum absolute atomic E-state index is 0.0470. The van der Waals surface area contributed by atoms with E-state index in [1.54, 1.807) is 4.90 Å². The lowest BCUT2D eigenvalue weighted by molar-refractivity contribution is 0.156. The van der Waals surface area contributed by atoms with E-state index in [2.05, 4.69) is 5.32 Å². The fourth-order valence-corrected chi connectivity index (χ4v) is 2.28. The van der Waals surface area contributed by atoms with E-state index < -0.39 is 0 Å². The monoisotopic (exact) mass is 262 g/mol. The zero-order chi connectivity index (χ0) is 14.0. The second-order valence-electron chi connectivity index (χ2n) is 5.98. The predicted octanol–water partition coefficient (Wildman–Crippen LogP) is 2.95. The van der Waals surface area contributed by atoms with Gasteiger partial charge in [0.2, 0.25) is 0 Å². The molecule has 104 valence electrons. The molecular formula is C15H22N2O2. The molecule has 2 rings (SSSR count). The van der Waals surface area contributed by atoms with Crippen LogP contribution in [0.4, 0.5) is 4.79 Å². The van der Waals surface area contributed by atoms with Crippen LogP contribution in [0.25, 0.3) is 0 Å². The quantitative estimate of drug-likeness (QED) is 0.845. The molecule has 1 aliphatic rings. The van der Waals surface area contributed by atoms with Gasteiger partial charge in [-0.25, -0.2) is 4.79 Å². The smallest absolute Gasteiger partial charge is 0.318 e. The summed E-state index contributed by atoms with van der Waals surface area (Å²) in [5.41, 5.74) is 0.857. The van der Waals surface area contributed by atoms with E-state index in [-0.39, 0.29) is 17.6 Å². The van der Waals surface area contributed by atoms with E-state index >= 15 is 0 Å². The third-order valence-electron chi connectivity index (χ3n) is 3.20. The molecule has 0 aliphatic carbocycles.